The van der Waals surface area contributed by atoms with Gasteiger partial charge in [0.2, 0.25) is 0 Å². The molecule has 0 saturated carbocycles. The van der Waals surface area contributed by atoms with E-state index >= 15 is 0 Å². The lowest BCUT2D eigenvalue weighted by molar-refractivity contribution is -0.128. The lowest BCUT2D eigenvalue weighted by atomic mass is 10.0. The van der Waals surface area contributed by atoms with Crippen LogP contribution < -0.4 is 0 Å². The maximum absolute atomic E-state index is 9.55. The Morgan fingerprint density at radius 3 is 2.07 bits per heavy atom. The smallest absolute Gasteiger partial charge is 0.184 e. The van der Waals surface area contributed by atoms with Crippen molar-refractivity contribution in [3.05, 3.63) is 35.9 Å². The van der Waals surface area contributed by atoms with Gasteiger partial charge in [0, 0.05) is 0 Å². The molecular weight excluding hydrogens is 184 g/mol. The third-order valence-electron chi connectivity index (χ3n) is 2.37. The molecule has 4 atom stereocenters. The van der Waals surface area contributed by atoms with E-state index in [1.54, 1.807) is 12.1 Å². The molecule has 0 bridgehead atoms. The first kappa shape index (κ1) is 9.61. The highest BCUT2D eigenvalue weighted by atomic mass is 16.6. The maximum atomic E-state index is 9.55. The van der Waals surface area contributed by atoms with Gasteiger partial charge in [0.05, 0.1) is 0 Å². The van der Waals surface area contributed by atoms with Crippen LogP contribution in [0.1, 0.15) is 11.7 Å². The maximum Gasteiger partial charge on any atom is 0.184 e. The SMILES string of the molecule is OC1O[C@H](c2ccccc2)[C@@H](O)[C@H]1O. The van der Waals surface area contributed by atoms with Crippen molar-refractivity contribution in [3.8, 4) is 0 Å². The average Bonchev–Trinajstić information content (AvgIpc) is 2.47. The highest BCUT2D eigenvalue weighted by Gasteiger charge is 2.42. The van der Waals surface area contributed by atoms with Crippen LogP contribution in [-0.2, 0) is 4.74 Å². The van der Waals surface area contributed by atoms with Crippen LogP contribution in [0.5, 0.6) is 0 Å². The van der Waals surface area contributed by atoms with Crippen LogP contribution in [0.25, 0.3) is 0 Å². The summed E-state index contributed by atoms with van der Waals surface area (Å²) in [6, 6.07) is 9.01. The van der Waals surface area contributed by atoms with Gasteiger partial charge in [-0.2, -0.15) is 0 Å². The molecule has 1 aliphatic heterocycles. The number of hydrogen-bond donors (Lipinski definition) is 3. The van der Waals surface area contributed by atoms with E-state index in [-0.39, 0.29) is 0 Å². The molecule has 1 fully saturated rings. The van der Waals surface area contributed by atoms with Crippen LogP contribution >= 0.6 is 0 Å². The Morgan fingerprint density at radius 2 is 1.57 bits per heavy atom. The van der Waals surface area contributed by atoms with Crippen molar-refractivity contribution in [2.45, 2.75) is 24.6 Å². The van der Waals surface area contributed by atoms with E-state index in [2.05, 4.69) is 0 Å². The number of ether oxygens (including phenoxy) is 1. The van der Waals surface area contributed by atoms with Gasteiger partial charge in [-0.25, -0.2) is 0 Å². The molecule has 1 unspecified atom stereocenters. The van der Waals surface area contributed by atoms with Gasteiger partial charge >= 0.3 is 0 Å². The van der Waals surface area contributed by atoms with Crippen molar-refractivity contribution in [1.29, 1.82) is 0 Å². The summed E-state index contributed by atoms with van der Waals surface area (Å²) in [7, 11) is 0. The normalized spacial score (nSPS) is 37.4. The second-order valence-corrected chi connectivity index (χ2v) is 3.34. The molecule has 1 aliphatic rings. The minimum Gasteiger partial charge on any atom is -0.387 e. The number of aliphatic hydroxyl groups is 3. The Bertz CT molecular complexity index is 300. The predicted molar refractivity (Wildman–Crippen MR) is 48.3 cm³/mol. The van der Waals surface area contributed by atoms with Crippen molar-refractivity contribution in [2.75, 3.05) is 0 Å². The van der Waals surface area contributed by atoms with Crippen molar-refractivity contribution in [2.24, 2.45) is 0 Å². The van der Waals surface area contributed by atoms with E-state index in [0.717, 1.165) is 5.56 Å². The van der Waals surface area contributed by atoms with Crippen molar-refractivity contribution >= 4 is 0 Å². The molecule has 1 aromatic carbocycles. The van der Waals surface area contributed by atoms with E-state index in [1.807, 2.05) is 18.2 Å². The first-order chi connectivity index (χ1) is 6.70. The minimum atomic E-state index is -1.31. The van der Waals surface area contributed by atoms with Gasteiger partial charge in [0.15, 0.2) is 6.29 Å². The summed E-state index contributed by atoms with van der Waals surface area (Å²) in [6.45, 7) is 0. The van der Waals surface area contributed by atoms with E-state index in [9.17, 15) is 10.2 Å². The Labute approximate surface area is 81.4 Å². The van der Waals surface area contributed by atoms with Crippen LogP contribution in [0, 0.1) is 0 Å². The average molecular weight is 196 g/mol. The summed E-state index contributed by atoms with van der Waals surface area (Å²) < 4.78 is 5.03. The van der Waals surface area contributed by atoms with Crippen molar-refractivity contribution in [1.82, 2.24) is 0 Å². The molecule has 2 rings (SSSR count). The molecule has 0 spiro atoms. The topological polar surface area (TPSA) is 69.9 Å². The molecule has 0 radical (unpaired) electrons. The lowest BCUT2D eigenvalue weighted by Crippen LogP contribution is -2.30. The Hall–Kier alpha value is -0.940. The largest absolute Gasteiger partial charge is 0.387 e. The quantitative estimate of drug-likeness (QED) is 0.581. The molecule has 0 aromatic heterocycles. The highest BCUT2D eigenvalue weighted by Crippen LogP contribution is 2.32. The molecule has 1 aromatic rings. The first-order valence-electron chi connectivity index (χ1n) is 4.45. The zero-order valence-corrected chi connectivity index (χ0v) is 7.45. The van der Waals surface area contributed by atoms with E-state index in [4.69, 9.17) is 9.84 Å². The van der Waals surface area contributed by atoms with Crippen LogP contribution in [0.2, 0.25) is 0 Å². The van der Waals surface area contributed by atoms with Crippen molar-refractivity contribution in [3.63, 3.8) is 0 Å². The first-order valence-corrected chi connectivity index (χ1v) is 4.45. The number of benzene rings is 1. The van der Waals surface area contributed by atoms with Gasteiger partial charge in [-0.05, 0) is 5.56 Å². The summed E-state index contributed by atoms with van der Waals surface area (Å²) in [6.07, 6.45) is -4.27. The third kappa shape index (κ3) is 1.53. The fourth-order valence-corrected chi connectivity index (χ4v) is 1.58. The van der Waals surface area contributed by atoms with Gasteiger partial charge in [0.25, 0.3) is 0 Å². The number of aliphatic hydroxyl groups excluding tert-OH is 3. The zero-order valence-electron chi connectivity index (χ0n) is 7.45. The summed E-state index contributed by atoms with van der Waals surface area (Å²) in [4.78, 5) is 0. The molecule has 3 N–H and O–H groups in total. The van der Waals surface area contributed by atoms with Crippen LogP contribution in [0.4, 0.5) is 0 Å². The molecule has 0 amide bonds. The second kappa shape index (κ2) is 3.67. The highest BCUT2D eigenvalue weighted by molar-refractivity contribution is 5.20. The Balaban J connectivity index is 2.21. The number of rotatable bonds is 1. The fraction of sp³-hybridized carbons (Fsp3) is 0.400. The van der Waals surface area contributed by atoms with Crippen LogP contribution in [0.15, 0.2) is 30.3 Å². The zero-order chi connectivity index (χ0) is 10.1. The molecule has 4 nitrogen and oxygen atoms in total. The van der Waals surface area contributed by atoms with Crippen LogP contribution in [0.3, 0.4) is 0 Å². The minimum absolute atomic E-state index is 0.652. The molecule has 14 heavy (non-hydrogen) atoms. The standard InChI is InChI=1S/C10H12O4/c11-7-8(12)10(13)14-9(7)6-4-2-1-3-5-6/h1-5,7-13H/t7-,8+,9+,10?/m0/s1. The van der Waals surface area contributed by atoms with Crippen LogP contribution in [-0.4, -0.2) is 33.8 Å². The third-order valence-corrected chi connectivity index (χ3v) is 2.37. The monoisotopic (exact) mass is 196 g/mol. The molecule has 1 saturated heterocycles. The van der Waals surface area contributed by atoms with Gasteiger partial charge in [0.1, 0.15) is 18.3 Å². The van der Waals surface area contributed by atoms with Crippen molar-refractivity contribution < 1.29 is 20.1 Å². The van der Waals surface area contributed by atoms with Gasteiger partial charge in [-0.1, -0.05) is 30.3 Å². The summed E-state index contributed by atoms with van der Waals surface area (Å²) in [5.74, 6) is 0. The van der Waals surface area contributed by atoms with Gasteiger partial charge < -0.3 is 20.1 Å². The summed E-state index contributed by atoms with van der Waals surface area (Å²) in [5.41, 5.74) is 0.746. The van der Waals surface area contributed by atoms with Gasteiger partial charge in [-0.15, -0.1) is 0 Å². The molecule has 4 heteroatoms. The summed E-state index contributed by atoms with van der Waals surface area (Å²) in [5, 5.41) is 28.0. The molecule has 76 valence electrons. The van der Waals surface area contributed by atoms with Gasteiger partial charge in [-0.3, -0.25) is 0 Å². The molecule has 0 aliphatic carbocycles. The Kier molecular flexibility index (Phi) is 2.52. The summed E-state index contributed by atoms with van der Waals surface area (Å²) >= 11 is 0. The lowest BCUT2D eigenvalue weighted by Gasteiger charge is -2.13. The molecule has 1 heterocycles. The molecular formula is C10H12O4. The number of hydrogen-bond acceptors (Lipinski definition) is 4. The fourth-order valence-electron chi connectivity index (χ4n) is 1.58. The van der Waals surface area contributed by atoms with E-state index < -0.39 is 24.6 Å². The predicted octanol–water partition coefficient (Wildman–Crippen LogP) is -0.202. The Morgan fingerprint density at radius 1 is 0.929 bits per heavy atom. The second-order valence-electron chi connectivity index (χ2n) is 3.34. The van der Waals surface area contributed by atoms with E-state index in [0.29, 0.717) is 0 Å². The van der Waals surface area contributed by atoms with E-state index in [1.165, 1.54) is 0 Å².